The molecular weight excluding hydrogens is 300 g/mol. The van der Waals surface area contributed by atoms with E-state index >= 15 is 0 Å². The van der Waals surface area contributed by atoms with Crippen molar-refractivity contribution in [2.45, 2.75) is 65.1 Å². The smallest absolute Gasteiger partial charge is 0.220 e. The largest absolute Gasteiger partial charge is 0.353 e. The Labute approximate surface area is 148 Å². The lowest BCUT2D eigenvalue weighted by Gasteiger charge is -2.55. The first-order chi connectivity index (χ1) is 11.2. The Morgan fingerprint density at radius 3 is 2.33 bits per heavy atom. The summed E-state index contributed by atoms with van der Waals surface area (Å²) in [6.45, 7) is 14.7. The third-order valence-corrected chi connectivity index (χ3v) is 6.19. The number of hydrogen-bond acceptors (Lipinski definition) is 4. The minimum Gasteiger partial charge on any atom is -0.353 e. The van der Waals surface area contributed by atoms with Gasteiger partial charge in [0.15, 0.2) is 0 Å². The molecule has 0 spiro atoms. The summed E-state index contributed by atoms with van der Waals surface area (Å²) < 4.78 is 0. The fourth-order valence-corrected chi connectivity index (χ4v) is 4.26. The molecule has 1 amide bonds. The van der Waals surface area contributed by atoms with Gasteiger partial charge in [0.2, 0.25) is 5.91 Å². The summed E-state index contributed by atoms with van der Waals surface area (Å²) in [6.07, 6.45) is 2.70. The van der Waals surface area contributed by atoms with Crippen LogP contribution in [0.4, 0.5) is 0 Å². The molecule has 1 aliphatic heterocycles. The van der Waals surface area contributed by atoms with Crippen LogP contribution < -0.4 is 5.32 Å². The first-order valence-electron chi connectivity index (χ1n) is 9.64. The predicted octanol–water partition coefficient (Wildman–Crippen LogP) is 1.64. The molecule has 1 saturated carbocycles. The highest BCUT2D eigenvalue weighted by molar-refractivity contribution is 5.76. The van der Waals surface area contributed by atoms with Crippen molar-refractivity contribution in [2.24, 2.45) is 5.41 Å². The molecule has 0 aromatic heterocycles. The molecular formula is C19H38N4O. The second-order valence-corrected chi connectivity index (χ2v) is 8.73. The highest BCUT2D eigenvalue weighted by Gasteiger charge is 2.49. The van der Waals surface area contributed by atoms with Gasteiger partial charge in [-0.25, -0.2) is 0 Å². The van der Waals surface area contributed by atoms with E-state index in [-0.39, 0.29) is 11.3 Å². The van der Waals surface area contributed by atoms with Gasteiger partial charge >= 0.3 is 0 Å². The average molecular weight is 339 g/mol. The Bertz CT molecular complexity index is 414. The third-order valence-electron chi connectivity index (χ3n) is 6.19. The summed E-state index contributed by atoms with van der Waals surface area (Å²) >= 11 is 0. The molecule has 5 heteroatoms. The Morgan fingerprint density at radius 1 is 1.21 bits per heavy atom. The Balaban J connectivity index is 1.61. The van der Waals surface area contributed by atoms with E-state index in [1.54, 1.807) is 0 Å². The molecule has 24 heavy (non-hydrogen) atoms. The number of nitrogens with one attached hydrogen (secondary N) is 1. The molecule has 140 valence electrons. The maximum absolute atomic E-state index is 12.2. The first-order valence-corrected chi connectivity index (χ1v) is 9.64. The van der Waals surface area contributed by atoms with Crippen LogP contribution in [0, 0.1) is 5.41 Å². The van der Waals surface area contributed by atoms with E-state index in [2.05, 4.69) is 61.8 Å². The van der Waals surface area contributed by atoms with Crippen LogP contribution in [-0.2, 0) is 4.79 Å². The Hall–Kier alpha value is -0.650. The van der Waals surface area contributed by atoms with Gasteiger partial charge in [-0.15, -0.1) is 0 Å². The summed E-state index contributed by atoms with van der Waals surface area (Å²) in [5.74, 6) is 0.228. The zero-order valence-corrected chi connectivity index (χ0v) is 16.6. The number of amides is 1. The maximum atomic E-state index is 12.2. The quantitative estimate of drug-likeness (QED) is 0.766. The maximum Gasteiger partial charge on any atom is 0.220 e. The second kappa shape index (κ2) is 8.15. The van der Waals surface area contributed by atoms with E-state index in [0.29, 0.717) is 24.5 Å². The molecule has 2 atom stereocenters. The van der Waals surface area contributed by atoms with E-state index < -0.39 is 0 Å². The van der Waals surface area contributed by atoms with Crippen LogP contribution in [0.2, 0.25) is 0 Å². The molecule has 0 radical (unpaired) electrons. The highest BCUT2D eigenvalue weighted by atomic mass is 16.1. The summed E-state index contributed by atoms with van der Waals surface area (Å²) in [5.41, 5.74) is 0.173. The number of rotatable bonds is 7. The molecule has 0 aromatic carbocycles. The summed E-state index contributed by atoms with van der Waals surface area (Å²) in [4.78, 5) is 19.6. The number of nitrogens with zero attached hydrogens (tertiary/aromatic N) is 3. The van der Waals surface area contributed by atoms with Gasteiger partial charge in [-0.1, -0.05) is 13.8 Å². The molecule has 2 rings (SSSR count). The Kier molecular flexibility index (Phi) is 6.68. The van der Waals surface area contributed by atoms with Crippen molar-refractivity contribution >= 4 is 5.91 Å². The van der Waals surface area contributed by atoms with Crippen molar-refractivity contribution in [1.29, 1.82) is 0 Å². The van der Waals surface area contributed by atoms with Gasteiger partial charge in [0.1, 0.15) is 0 Å². The molecule has 2 aliphatic rings. The van der Waals surface area contributed by atoms with Crippen LogP contribution >= 0.6 is 0 Å². The standard InChI is InChI=1S/C19H38N4O/c1-15(2)23-12-10-22(11-13-23)9-7-8-18(24)20-16-14-17(21(5)6)19(16,3)4/h15-17H,7-14H2,1-6H3,(H,20,24). The topological polar surface area (TPSA) is 38.8 Å². The Morgan fingerprint density at radius 2 is 1.83 bits per heavy atom. The van der Waals surface area contributed by atoms with Gasteiger partial charge in [-0.3, -0.25) is 9.69 Å². The van der Waals surface area contributed by atoms with Gasteiger partial charge in [0.25, 0.3) is 0 Å². The lowest BCUT2D eigenvalue weighted by molar-refractivity contribution is -0.126. The molecule has 0 aromatic rings. The molecule has 1 aliphatic carbocycles. The van der Waals surface area contributed by atoms with Gasteiger partial charge in [-0.2, -0.15) is 0 Å². The molecule has 1 heterocycles. The van der Waals surface area contributed by atoms with Crippen molar-refractivity contribution in [3.05, 3.63) is 0 Å². The first kappa shape index (κ1) is 19.7. The minimum absolute atomic E-state index is 0.173. The van der Waals surface area contributed by atoms with Crippen LogP contribution in [0.15, 0.2) is 0 Å². The predicted molar refractivity (Wildman–Crippen MR) is 100 cm³/mol. The van der Waals surface area contributed by atoms with Gasteiger partial charge in [0.05, 0.1) is 0 Å². The number of piperazine rings is 1. The summed E-state index contributed by atoms with van der Waals surface area (Å²) in [7, 11) is 4.26. The fraction of sp³-hybridized carbons (Fsp3) is 0.947. The molecule has 5 nitrogen and oxygen atoms in total. The SMILES string of the molecule is CC(C)N1CCN(CCCC(=O)NC2CC(N(C)C)C2(C)C)CC1. The molecule has 1 N–H and O–H groups in total. The van der Waals surface area contributed by atoms with Gasteiger partial charge in [-0.05, 0) is 47.3 Å². The van der Waals surface area contributed by atoms with E-state index in [0.717, 1.165) is 45.6 Å². The zero-order valence-electron chi connectivity index (χ0n) is 16.6. The van der Waals surface area contributed by atoms with Gasteiger partial charge in [0, 0.05) is 56.1 Å². The fourth-order valence-electron chi connectivity index (χ4n) is 4.26. The minimum atomic E-state index is 0.173. The van der Waals surface area contributed by atoms with E-state index in [9.17, 15) is 4.79 Å². The summed E-state index contributed by atoms with van der Waals surface area (Å²) in [6, 6.07) is 1.54. The van der Waals surface area contributed by atoms with E-state index in [4.69, 9.17) is 0 Å². The molecule has 1 saturated heterocycles. The third kappa shape index (κ3) is 4.70. The number of carbonyl (C=O) groups excluding carboxylic acids is 1. The van der Waals surface area contributed by atoms with Crippen molar-refractivity contribution in [1.82, 2.24) is 20.0 Å². The lowest BCUT2D eigenvalue weighted by Crippen LogP contribution is -2.65. The number of hydrogen-bond donors (Lipinski definition) is 1. The zero-order chi connectivity index (χ0) is 17.9. The van der Waals surface area contributed by atoms with Crippen LogP contribution in [0.3, 0.4) is 0 Å². The monoisotopic (exact) mass is 338 g/mol. The normalized spacial score (nSPS) is 28.2. The lowest BCUT2D eigenvalue weighted by atomic mass is 9.62. The van der Waals surface area contributed by atoms with Crippen LogP contribution in [0.5, 0.6) is 0 Å². The average Bonchev–Trinajstić information content (AvgIpc) is 2.51. The molecule has 2 fully saturated rings. The second-order valence-electron chi connectivity index (χ2n) is 8.73. The van der Waals surface area contributed by atoms with Crippen molar-refractivity contribution in [2.75, 3.05) is 46.8 Å². The van der Waals surface area contributed by atoms with Crippen molar-refractivity contribution in [3.8, 4) is 0 Å². The summed E-state index contributed by atoms with van der Waals surface area (Å²) in [5, 5.41) is 3.26. The van der Waals surface area contributed by atoms with Gasteiger partial charge < -0.3 is 15.1 Å². The van der Waals surface area contributed by atoms with E-state index in [1.165, 1.54) is 0 Å². The molecule has 2 unspecified atom stereocenters. The van der Waals surface area contributed by atoms with Crippen LogP contribution in [-0.4, -0.2) is 85.6 Å². The number of carbonyl (C=O) groups is 1. The van der Waals surface area contributed by atoms with Crippen LogP contribution in [0.25, 0.3) is 0 Å². The van der Waals surface area contributed by atoms with Crippen LogP contribution in [0.1, 0.15) is 47.0 Å². The highest BCUT2D eigenvalue weighted by Crippen LogP contribution is 2.42. The van der Waals surface area contributed by atoms with Crippen molar-refractivity contribution < 1.29 is 4.79 Å². The molecule has 0 bridgehead atoms. The van der Waals surface area contributed by atoms with E-state index in [1.807, 2.05) is 0 Å². The van der Waals surface area contributed by atoms with Crippen molar-refractivity contribution in [3.63, 3.8) is 0 Å².